The first kappa shape index (κ1) is 20.5. The third kappa shape index (κ3) is 7.28. The topological polar surface area (TPSA) is 100 Å². The Morgan fingerprint density at radius 3 is 2.24 bits per heavy atom. The van der Waals surface area contributed by atoms with E-state index in [1.54, 1.807) is 17.3 Å². The van der Waals surface area contributed by atoms with Crippen LogP contribution in [-0.4, -0.2) is 26.9 Å². The summed E-state index contributed by atoms with van der Waals surface area (Å²) >= 11 is 7.07. The van der Waals surface area contributed by atoms with Crippen LogP contribution in [0.2, 0.25) is 0 Å². The highest BCUT2D eigenvalue weighted by molar-refractivity contribution is 7.96. The van der Waals surface area contributed by atoms with Crippen LogP contribution >= 0.6 is 25.3 Å². The lowest BCUT2D eigenvalue weighted by molar-refractivity contribution is 0.211. The summed E-state index contributed by atoms with van der Waals surface area (Å²) < 4.78 is 0. The predicted molar refractivity (Wildman–Crippen MR) is 102 cm³/mol. The lowest BCUT2D eigenvalue weighted by atomic mass is 9.98. The van der Waals surface area contributed by atoms with Gasteiger partial charge in [-0.05, 0) is 17.2 Å². The molecule has 6 nitrogen and oxygen atoms in total. The fraction of sp³-hybridized carbons (Fsp3) is 0.176. The number of pyridine rings is 1. The Balaban J connectivity index is 0.000000705. The van der Waals surface area contributed by atoms with Crippen molar-refractivity contribution in [2.24, 2.45) is 5.73 Å². The number of amides is 2. The first-order valence-corrected chi connectivity index (χ1v) is 8.16. The zero-order chi connectivity index (χ0) is 18.7. The van der Waals surface area contributed by atoms with E-state index in [4.69, 9.17) is 10.1 Å². The summed E-state index contributed by atoms with van der Waals surface area (Å²) in [6, 6.07) is 15.2. The summed E-state index contributed by atoms with van der Waals surface area (Å²) in [5, 5.41) is 7.80. The maximum absolute atomic E-state index is 11.9. The Bertz CT molecular complexity index is 677. The molecule has 0 aliphatic heterocycles. The molecule has 0 bridgehead atoms. The molecular formula is C17H18N4O2S2. The lowest BCUT2D eigenvalue weighted by Gasteiger charge is -2.30. The third-order valence-corrected chi connectivity index (χ3v) is 3.39. The SMILES string of the molecule is N#CCCN(C(=O)S)C(c1ccccc1)c1cccnc1.NC(=O)S. The molecule has 0 saturated carbocycles. The molecule has 1 atom stereocenters. The van der Waals surface area contributed by atoms with Crippen molar-refractivity contribution in [3.8, 4) is 6.07 Å². The minimum absolute atomic E-state index is 0.260. The number of carbonyl (C=O) groups is 2. The largest absolute Gasteiger partial charge is 0.361 e. The summed E-state index contributed by atoms with van der Waals surface area (Å²) in [6.07, 6.45) is 3.68. The number of nitrogens with two attached hydrogens (primary N) is 1. The molecule has 2 rings (SSSR count). The van der Waals surface area contributed by atoms with Gasteiger partial charge in [-0.2, -0.15) is 5.26 Å². The van der Waals surface area contributed by atoms with E-state index in [-0.39, 0.29) is 17.7 Å². The summed E-state index contributed by atoms with van der Waals surface area (Å²) in [7, 11) is 0. The Morgan fingerprint density at radius 2 is 1.76 bits per heavy atom. The Hall–Kier alpha value is -2.50. The van der Waals surface area contributed by atoms with Crippen LogP contribution in [0.5, 0.6) is 0 Å². The summed E-state index contributed by atoms with van der Waals surface area (Å²) in [5.41, 5.74) is 6.19. The number of rotatable bonds is 5. The average molecular weight is 374 g/mol. The minimum Gasteiger partial charge on any atom is -0.361 e. The van der Waals surface area contributed by atoms with Crippen LogP contribution in [0.4, 0.5) is 9.59 Å². The van der Waals surface area contributed by atoms with Crippen LogP contribution in [0.25, 0.3) is 0 Å². The number of aromatic nitrogens is 1. The number of benzene rings is 1. The maximum Gasteiger partial charge on any atom is 0.279 e. The van der Waals surface area contributed by atoms with Crippen LogP contribution in [0.3, 0.4) is 0 Å². The Labute approximate surface area is 157 Å². The fourth-order valence-electron chi connectivity index (χ4n) is 2.23. The molecular weight excluding hydrogens is 356 g/mol. The summed E-state index contributed by atoms with van der Waals surface area (Å²) in [5.74, 6) is 0. The van der Waals surface area contributed by atoms with Gasteiger partial charge in [0.15, 0.2) is 0 Å². The Kier molecular flexibility index (Phi) is 9.14. The molecule has 0 radical (unpaired) electrons. The molecule has 2 N–H and O–H groups in total. The van der Waals surface area contributed by atoms with Crippen molar-refractivity contribution in [2.75, 3.05) is 6.54 Å². The van der Waals surface area contributed by atoms with Gasteiger partial charge in [0, 0.05) is 18.9 Å². The quantitative estimate of drug-likeness (QED) is 0.698. The number of hydrogen-bond donors (Lipinski definition) is 3. The molecule has 0 spiro atoms. The standard InChI is InChI=1S/C16H15N3OS.CH3NOS/c17-9-5-11-19(16(20)21)15(13-6-2-1-3-7-13)14-8-4-10-18-12-14;2-1(3)4/h1-4,6-8,10,12,15H,5,11H2,(H,20,21);(H3,2,3,4). The number of carbonyl (C=O) groups excluding carboxylic acids is 2. The summed E-state index contributed by atoms with van der Waals surface area (Å²) in [4.78, 5) is 26.7. The predicted octanol–water partition coefficient (Wildman–Crippen LogP) is 3.43. The van der Waals surface area contributed by atoms with Crippen molar-refractivity contribution < 1.29 is 9.59 Å². The second-order valence-corrected chi connectivity index (χ2v) is 5.65. The van der Waals surface area contributed by atoms with E-state index in [1.165, 1.54) is 0 Å². The molecule has 2 aromatic rings. The number of hydrogen-bond acceptors (Lipinski definition) is 4. The molecule has 25 heavy (non-hydrogen) atoms. The molecule has 1 unspecified atom stereocenters. The summed E-state index contributed by atoms with van der Waals surface area (Å²) in [6.45, 7) is 0.327. The van der Waals surface area contributed by atoms with E-state index in [0.717, 1.165) is 11.1 Å². The lowest BCUT2D eigenvalue weighted by Crippen LogP contribution is -2.32. The van der Waals surface area contributed by atoms with Crippen LogP contribution in [-0.2, 0) is 0 Å². The molecule has 0 saturated heterocycles. The van der Waals surface area contributed by atoms with Gasteiger partial charge in [-0.25, -0.2) is 0 Å². The number of thiol groups is 2. The number of primary amides is 1. The van der Waals surface area contributed by atoms with Gasteiger partial charge >= 0.3 is 0 Å². The van der Waals surface area contributed by atoms with Crippen LogP contribution in [0.1, 0.15) is 23.6 Å². The van der Waals surface area contributed by atoms with Crippen molar-refractivity contribution in [1.82, 2.24) is 9.88 Å². The minimum atomic E-state index is -0.639. The molecule has 1 aromatic carbocycles. The van der Waals surface area contributed by atoms with E-state index < -0.39 is 5.24 Å². The van der Waals surface area contributed by atoms with Crippen molar-refractivity contribution in [1.29, 1.82) is 5.26 Å². The first-order chi connectivity index (χ1) is 12.0. The van der Waals surface area contributed by atoms with E-state index in [1.807, 2.05) is 42.5 Å². The van der Waals surface area contributed by atoms with Crippen molar-refractivity contribution >= 4 is 35.7 Å². The molecule has 0 aliphatic rings. The molecule has 0 fully saturated rings. The van der Waals surface area contributed by atoms with Gasteiger partial charge in [0.25, 0.3) is 10.5 Å². The highest BCUT2D eigenvalue weighted by Gasteiger charge is 2.24. The van der Waals surface area contributed by atoms with Crippen molar-refractivity contribution in [3.05, 3.63) is 66.0 Å². The van der Waals surface area contributed by atoms with Gasteiger partial charge in [0.1, 0.15) is 0 Å². The molecule has 8 heteroatoms. The fourth-order valence-corrected chi connectivity index (χ4v) is 2.45. The van der Waals surface area contributed by atoms with Crippen LogP contribution in [0, 0.1) is 11.3 Å². The van der Waals surface area contributed by atoms with Gasteiger partial charge in [0.05, 0.1) is 18.5 Å². The van der Waals surface area contributed by atoms with Crippen molar-refractivity contribution in [3.63, 3.8) is 0 Å². The van der Waals surface area contributed by atoms with Crippen LogP contribution < -0.4 is 5.73 Å². The highest BCUT2D eigenvalue weighted by atomic mass is 32.1. The van der Waals surface area contributed by atoms with Crippen LogP contribution in [0.15, 0.2) is 54.9 Å². The van der Waals surface area contributed by atoms with Gasteiger partial charge in [0.2, 0.25) is 0 Å². The second-order valence-electron chi connectivity index (χ2n) is 4.82. The average Bonchev–Trinajstić information content (AvgIpc) is 2.59. The zero-order valence-electron chi connectivity index (χ0n) is 13.3. The third-order valence-electron chi connectivity index (χ3n) is 3.14. The van der Waals surface area contributed by atoms with Gasteiger partial charge < -0.3 is 10.6 Å². The van der Waals surface area contributed by atoms with E-state index in [9.17, 15) is 4.79 Å². The number of nitriles is 1. The smallest absolute Gasteiger partial charge is 0.279 e. The second kappa shape index (κ2) is 11.1. The van der Waals surface area contributed by atoms with E-state index in [2.05, 4.69) is 42.0 Å². The highest BCUT2D eigenvalue weighted by Crippen LogP contribution is 2.29. The molecule has 1 aromatic heterocycles. The van der Waals surface area contributed by atoms with E-state index in [0.29, 0.717) is 6.54 Å². The normalized spacial score (nSPS) is 10.6. The zero-order valence-corrected chi connectivity index (χ0v) is 15.1. The van der Waals surface area contributed by atoms with Gasteiger partial charge in [-0.1, -0.05) is 61.7 Å². The molecule has 1 heterocycles. The molecule has 0 aliphatic carbocycles. The van der Waals surface area contributed by atoms with E-state index >= 15 is 0 Å². The first-order valence-electron chi connectivity index (χ1n) is 7.27. The maximum atomic E-state index is 11.9. The number of nitrogens with zero attached hydrogens (tertiary/aromatic N) is 3. The monoisotopic (exact) mass is 374 g/mol. The van der Waals surface area contributed by atoms with Crippen molar-refractivity contribution in [2.45, 2.75) is 12.5 Å². The molecule has 130 valence electrons. The van der Waals surface area contributed by atoms with Gasteiger partial charge in [-0.15, -0.1) is 0 Å². The Morgan fingerprint density at radius 1 is 1.16 bits per heavy atom. The molecule has 2 amide bonds. The van der Waals surface area contributed by atoms with Gasteiger partial charge in [-0.3, -0.25) is 14.6 Å².